The summed E-state index contributed by atoms with van der Waals surface area (Å²) in [6, 6.07) is 21.4. The van der Waals surface area contributed by atoms with Gasteiger partial charge in [0.15, 0.2) is 0 Å². The fraction of sp³-hybridized carbons (Fsp3) is 0. The maximum absolute atomic E-state index is 14.8. The standard InChI is InChI=1S/C22H16FN3OS/c23-19-12-15(10-11-18(19)20-13-26-22(24)14-25-20)17-8-4-5-9-21(17)28(27)16-6-2-1-3-7-16/h1-14H,(H2,24,26). The molecule has 0 aliphatic rings. The van der Waals surface area contributed by atoms with E-state index in [1.165, 1.54) is 18.5 Å². The Morgan fingerprint density at radius 1 is 0.821 bits per heavy atom. The number of halogens is 1. The lowest BCUT2D eigenvalue weighted by atomic mass is 10.0. The van der Waals surface area contributed by atoms with Crippen molar-refractivity contribution in [3.63, 3.8) is 0 Å². The first kappa shape index (κ1) is 18.0. The van der Waals surface area contributed by atoms with Crippen LogP contribution in [0.4, 0.5) is 10.2 Å². The Bertz CT molecular complexity index is 1150. The van der Waals surface area contributed by atoms with Crippen LogP contribution in [0.15, 0.2) is 95.0 Å². The van der Waals surface area contributed by atoms with Crippen LogP contribution in [0.25, 0.3) is 22.4 Å². The highest BCUT2D eigenvalue weighted by Gasteiger charge is 2.15. The van der Waals surface area contributed by atoms with Gasteiger partial charge >= 0.3 is 0 Å². The molecule has 4 aromatic rings. The summed E-state index contributed by atoms with van der Waals surface area (Å²) < 4.78 is 27.8. The lowest BCUT2D eigenvalue weighted by Crippen LogP contribution is -1.97. The van der Waals surface area contributed by atoms with Gasteiger partial charge in [0.2, 0.25) is 0 Å². The molecular weight excluding hydrogens is 373 g/mol. The van der Waals surface area contributed by atoms with Gasteiger partial charge in [0, 0.05) is 10.5 Å². The molecule has 3 aromatic carbocycles. The minimum Gasteiger partial charge on any atom is -0.382 e. The van der Waals surface area contributed by atoms with E-state index in [9.17, 15) is 8.60 Å². The Hall–Kier alpha value is -3.38. The van der Waals surface area contributed by atoms with Crippen molar-refractivity contribution in [2.45, 2.75) is 9.79 Å². The Labute approximate surface area is 164 Å². The van der Waals surface area contributed by atoms with Gasteiger partial charge in [0.1, 0.15) is 11.6 Å². The number of anilines is 1. The van der Waals surface area contributed by atoms with Crippen LogP contribution in [0.1, 0.15) is 0 Å². The second-order valence-electron chi connectivity index (χ2n) is 6.10. The van der Waals surface area contributed by atoms with E-state index >= 15 is 0 Å². The van der Waals surface area contributed by atoms with Gasteiger partial charge in [-0.3, -0.25) is 4.98 Å². The third kappa shape index (κ3) is 3.54. The highest BCUT2D eigenvalue weighted by atomic mass is 32.2. The molecule has 1 aromatic heterocycles. The number of nitrogens with zero attached hydrogens (tertiary/aromatic N) is 2. The van der Waals surface area contributed by atoms with E-state index in [4.69, 9.17) is 5.73 Å². The van der Waals surface area contributed by atoms with Gasteiger partial charge in [-0.2, -0.15) is 0 Å². The van der Waals surface area contributed by atoms with Gasteiger partial charge in [0.25, 0.3) is 0 Å². The Balaban J connectivity index is 1.75. The highest BCUT2D eigenvalue weighted by Crippen LogP contribution is 2.32. The quantitative estimate of drug-likeness (QED) is 0.549. The average molecular weight is 389 g/mol. The Morgan fingerprint density at radius 3 is 2.29 bits per heavy atom. The molecule has 0 aliphatic carbocycles. The van der Waals surface area contributed by atoms with Gasteiger partial charge in [-0.05, 0) is 41.5 Å². The lowest BCUT2D eigenvalue weighted by molar-refractivity contribution is 0.631. The first-order valence-electron chi connectivity index (χ1n) is 8.57. The van der Waals surface area contributed by atoms with Crippen LogP contribution in [0.3, 0.4) is 0 Å². The van der Waals surface area contributed by atoms with Crippen molar-refractivity contribution in [2.75, 3.05) is 5.73 Å². The molecule has 6 heteroatoms. The fourth-order valence-electron chi connectivity index (χ4n) is 2.91. The second kappa shape index (κ2) is 7.70. The molecule has 0 bridgehead atoms. The van der Waals surface area contributed by atoms with Crippen LogP contribution in [-0.4, -0.2) is 14.2 Å². The van der Waals surface area contributed by atoms with E-state index in [0.717, 1.165) is 5.56 Å². The zero-order valence-corrected chi connectivity index (χ0v) is 15.6. The van der Waals surface area contributed by atoms with Gasteiger partial charge < -0.3 is 5.73 Å². The van der Waals surface area contributed by atoms with E-state index in [2.05, 4.69) is 9.97 Å². The predicted molar refractivity (Wildman–Crippen MR) is 108 cm³/mol. The first-order valence-corrected chi connectivity index (χ1v) is 9.72. The Morgan fingerprint density at radius 2 is 1.57 bits per heavy atom. The molecular formula is C22H16FN3OS. The zero-order chi connectivity index (χ0) is 19.5. The fourth-order valence-corrected chi connectivity index (χ4v) is 4.15. The van der Waals surface area contributed by atoms with Gasteiger partial charge in [-0.15, -0.1) is 0 Å². The summed E-state index contributed by atoms with van der Waals surface area (Å²) in [4.78, 5) is 9.41. The molecule has 0 saturated heterocycles. The van der Waals surface area contributed by atoms with Crippen LogP contribution >= 0.6 is 0 Å². The summed E-state index contributed by atoms with van der Waals surface area (Å²) in [5.41, 5.74) is 7.64. The van der Waals surface area contributed by atoms with Crippen LogP contribution in [0, 0.1) is 5.82 Å². The summed E-state index contributed by atoms with van der Waals surface area (Å²) in [7, 11) is -1.37. The maximum atomic E-state index is 14.8. The number of hydrogen-bond acceptors (Lipinski definition) is 4. The van der Waals surface area contributed by atoms with E-state index in [-0.39, 0.29) is 5.82 Å². The minimum absolute atomic E-state index is 0.276. The normalized spacial score (nSPS) is 11.9. The topological polar surface area (TPSA) is 68.9 Å². The molecule has 4 rings (SSSR count). The number of hydrogen-bond donors (Lipinski definition) is 1. The van der Waals surface area contributed by atoms with E-state index < -0.39 is 16.6 Å². The molecule has 138 valence electrons. The van der Waals surface area contributed by atoms with Crippen LogP contribution in [0.2, 0.25) is 0 Å². The Kier molecular flexibility index (Phi) is 4.95. The molecule has 1 atom stereocenters. The highest BCUT2D eigenvalue weighted by molar-refractivity contribution is 7.85. The smallest absolute Gasteiger partial charge is 0.141 e. The molecule has 0 spiro atoms. The molecule has 0 amide bonds. The third-order valence-corrected chi connectivity index (χ3v) is 5.73. The average Bonchev–Trinajstić information content (AvgIpc) is 2.74. The van der Waals surface area contributed by atoms with Crippen LogP contribution in [0.5, 0.6) is 0 Å². The zero-order valence-electron chi connectivity index (χ0n) is 14.7. The molecule has 0 aliphatic heterocycles. The van der Waals surface area contributed by atoms with Crippen molar-refractivity contribution in [3.05, 3.63) is 91.0 Å². The molecule has 1 unspecified atom stereocenters. The summed E-state index contributed by atoms with van der Waals surface area (Å²) >= 11 is 0. The monoisotopic (exact) mass is 389 g/mol. The maximum Gasteiger partial charge on any atom is 0.141 e. The largest absolute Gasteiger partial charge is 0.382 e. The second-order valence-corrected chi connectivity index (χ2v) is 7.55. The number of nitrogens with two attached hydrogens (primary N) is 1. The summed E-state index contributed by atoms with van der Waals surface area (Å²) in [6.07, 6.45) is 2.83. The van der Waals surface area contributed by atoms with Crippen molar-refractivity contribution < 1.29 is 8.60 Å². The molecule has 0 radical (unpaired) electrons. The molecule has 2 N–H and O–H groups in total. The van der Waals surface area contributed by atoms with Gasteiger partial charge in [-0.25, -0.2) is 13.6 Å². The van der Waals surface area contributed by atoms with Crippen molar-refractivity contribution in [2.24, 2.45) is 0 Å². The van der Waals surface area contributed by atoms with Crippen molar-refractivity contribution >= 4 is 16.6 Å². The molecule has 4 nitrogen and oxygen atoms in total. The molecule has 0 fully saturated rings. The minimum atomic E-state index is -1.37. The number of rotatable bonds is 4. The molecule has 28 heavy (non-hydrogen) atoms. The third-order valence-electron chi connectivity index (χ3n) is 4.27. The van der Waals surface area contributed by atoms with E-state index in [0.29, 0.717) is 26.6 Å². The summed E-state index contributed by atoms with van der Waals surface area (Å²) in [5.74, 6) is -0.157. The van der Waals surface area contributed by atoms with E-state index in [1.807, 2.05) is 48.5 Å². The van der Waals surface area contributed by atoms with Crippen LogP contribution < -0.4 is 5.73 Å². The summed E-state index contributed by atoms with van der Waals surface area (Å²) in [6.45, 7) is 0. The van der Waals surface area contributed by atoms with Crippen LogP contribution in [-0.2, 0) is 10.8 Å². The first-order chi connectivity index (χ1) is 13.6. The summed E-state index contributed by atoms with van der Waals surface area (Å²) in [5, 5.41) is 0. The molecule has 0 saturated carbocycles. The number of benzene rings is 3. The van der Waals surface area contributed by atoms with Crippen molar-refractivity contribution in [1.29, 1.82) is 0 Å². The van der Waals surface area contributed by atoms with Gasteiger partial charge in [-0.1, -0.05) is 42.5 Å². The lowest BCUT2D eigenvalue weighted by Gasteiger charge is -2.11. The molecule has 1 heterocycles. The SMILES string of the molecule is Nc1cnc(-c2ccc(-c3ccccc3S(=O)c3ccccc3)cc2F)cn1. The number of aromatic nitrogens is 2. The van der Waals surface area contributed by atoms with Crippen molar-refractivity contribution in [1.82, 2.24) is 9.97 Å². The number of nitrogen functional groups attached to an aromatic ring is 1. The van der Waals surface area contributed by atoms with E-state index in [1.54, 1.807) is 18.2 Å². The van der Waals surface area contributed by atoms with Gasteiger partial charge in [0.05, 0.1) is 33.8 Å². The van der Waals surface area contributed by atoms with Crippen molar-refractivity contribution in [3.8, 4) is 22.4 Å². The predicted octanol–water partition coefficient (Wildman–Crippen LogP) is 4.70.